The molecule has 0 atom stereocenters. The van der Waals surface area contributed by atoms with E-state index in [0.29, 0.717) is 0 Å². The summed E-state index contributed by atoms with van der Waals surface area (Å²) in [5.74, 6) is 0. The molecule has 11 heavy (non-hydrogen) atoms. The monoisotopic (exact) mass is 154 g/mol. The molecule has 0 spiro atoms. The lowest BCUT2D eigenvalue weighted by Crippen LogP contribution is -1.67. The molecule has 0 aromatic heterocycles. The van der Waals surface area contributed by atoms with Crippen LogP contribution in [0.2, 0.25) is 0 Å². The fourth-order valence-electron chi connectivity index (χ4n) is 0.626. The van der Waals surface area contributed by atoms with Crippen LogP contribution in [0.25, 0.3) is 0 Å². The second kappa shape index (κ2) is 9.28. The highest BCUT2D eigenvalue weighted by Gasteiger charge is 1.73. The summed E-state index contributed by atoms with van der Waals surface area (Å²) in [6.07, 6.45) is 12.1. The molecule has 0 aromatic rings. The number of unbranched alkanes of at least 4 members (excludes halogenated alkanes) is 2. The van der Waals surface area contributed by atoms with Crippen LogP contribution >= 0.6 is 0 Å². The SMILES string of the molecule is CCC/C=C\O/C=C\CCC. The summed E-state index contributed by atoms with van der Waals surface area (Å²) < 4.78 is 5.08. The van der Waals surface area contributed by atoms with E-state index in [-0.39, 0.29) is 0 Å². The zero-order valence-electron chi connectivity index (χ0n) is 7.55. The van der Waals surface area contributed by atoms with Gasteiger partial charge in [-0.3, -0.25) is 0 Å². The molecule has 0 radical (unpaired) electrons. The highest BCUT2D eigenvalue weighted by atomic mass is 16.5. The van der Waals surface area contributed by atoms with E-state index in [0.717, 1.165) is 12.8 Å². The van der Waals surface area contributed by atoms with Crippen molar-refractivity contribution in [3.8, 4) is 0 Å². The van der Waals surface area contributed by atoms with Crippen LogP contribution in [0.5, 0.6) is 0 Å². The van der Waals surface area contributed by atoms with Gasteiger partial charge in [-0.1, -0.05) is 26.7 Å². The van der Waals surface area contributed by atoms with Gasteiger partial charge in [-0.2, -0.15) is 0 Å². The molecule has 0 unspecified atom stereocenters. The third-order valence-corrected chi connectivity index (χ3v) is 1.26. The molecular weight excluding hydrogens is 136 g/mol. The molecule has 0 aliphatic rings. The van der Waals surface area contributed by atoms with Gasteiger partial charge in [0.15, 0.2) is 0 Å². The number of hydrogen-bond acceptors (Lipinski definition) is 1. The molecule has 0 aromatic carbocycles. The molecule has 1 nitrogen and oxygen atoms in total. The summed E-state index contributed by atoms with van der Waals surface area (Å²) in [4.78, 5) is 0. The van der Waals surface area contributed by atoms with Crippen molar-refractivity contribution in [3.05, 3.63) is 24.7 Å². The first-order valence-corrected chi connectivity index (χ1v) is 4.37. The van der Waals surface area contributed by atoms with E-state index in [1.165, 1.54) is 12.8 Å². The van der Waals surface area contributed by atoms with Gasteiger partial charge in [0.25, 0.3) is 0 Å². The quantitative estimate of drug-likeness (QED) is 0.531. The van der Waals surface area contributed by atoms with Gasteiger partial charge in [0.2, 0.25) is 0 Å². The smallest absolute Gasteiger partial charge is 0.0861 e. The normalized spacial score (nSPS) is 11.5. The molecule has 0 saturated heterocycles. The Hall–Kier alpha value is -0.720. The lowest BCUT2D eigenvalue weighted by molar-refractivity contribution is 0.398. The zero-order chi connectivity index (χ0) is 8.36. The van der Waals surface area contributed by atoms with Gasteiger partial charge in [0.1, 0.15) is 0 Å². The van der Waals surface area contributed by atoms with E-state index >= 15 is 0 Å². The predicted octanol–water partition coefficient (Wildman–Crippen LogP) is 3.63. The maximum Gasteiger partial charge on any atom is 0.0861 e. The van der Waals surface area contributed by atoms with E-state index in [2.05, 4.69) is 13.8 Å². The summed E-state index contributed by atoms with van der Waals surface area (Å²) in [6, 6.07) is 0. The van der Waals surface area contributed by atoms with Crippen molar-refractivity contribution in [2.75, 3.05) is 0 Å². The Balaban J connectivity index is 3.11. The number of rotatable bonds is 6. The molecule has 0 rings (SSSR count). The van der Waals surface area contributed by atoms with Crippen molar-refractivity contribution < 1.29 is 4.74 Å². The summed E-state index contributed by atoms with van der Waals surface area (Å²) in [5, 5.41) is 0. The molecule has 64 valence electrons. The lowest BCUT2D eigenvalue weighted by Gasteiger charge is -1.88. The molecule has 0 aliphatic heterocycles. The minimum absolute atomic E-state index is 1.10. The van der Waals surface area contributed by atoms with E-state index in [9.17, 15) is 0 Å². The van der Waals surface area contributed by atoms with Crippen molar-refractivity contribution in [1.29, 1.82) is 0 Å². The Bertz CT molecular complexity index is 100. The Morgan fingerprint density at radius 1 is 0.909 bits per heavy atom. The Morgan fingerprint density at radius 2 is 1.36 bits per heavy atom. The van der Waals surface area contributed by atoms with Crippen LogP contribution in [0, 0.1) is 0 Å². The molecule has 0 fully saturated rings. The first kappa shape index (κ1) is 10.3. The molecule has 0 bridgehead atoms. The maximum atomic E-state index is 5.08. The van der Waals surface area contributed by atoms with Crippen LogP contribution in [-0.4, -0.2) is 0 Å². The van der Waals surface area contributed by atoms with E-state index in [1.54, 1.807) is 12.5 Å². The Kier molecular flexibility index (Phi) is 8.67. The van der Waals surface area contributed by atoms with Crippen LogP contribution in [0.4, 0.5) is 0 Å². The molecule has 0 aliphatic carbocycles. The standard InChI is InChI=1S/C10H18O/c1-3-5-7-9-11-10-8-6-4-2/h7-10H,3-6H2,1-2H3/b9-7-,10-8-. The number of hydrogen-bond donors (Lipinski definition) is 0. The number of ether oxygens (including phenoxy) is 1. The van der Waals surface area contributed by atoms with Gasteiger partial charge in [-0.15, -0.1) is 0 Å². The molecule has 0 saturated carbocycles. The molecule has 0 heterocycles. The second-order valence-corrected chi connectivity index (χ2v) is 2.46. The Morgan fingerprint density at radius 3 is 1.73 bits per heavy atom. The summed E-state index contributed by atoms with van der Waals surface area (Å²) in [5.41, 5.74) is 0. The van der Waals surface area contributed by atoms with Crippen LogP contribution in [-0.2, 0) is 4.74 Å². The van der Waals surface area contributed by atoms with Crippen molar-refractivity contribution in [3.63, 3.8) is 0 Å². The average molecular weight is 154 g/mol. The van der Waals surface area contributed by atoms with E-state index in [1.807, 2.05) is 12.2 Å². The van der Waals surface area contributed by atoms with Crippen LogP contribution in [0.3, 0.4) is 0 Å². The molecule has 0 N–H and O–H groups in total. The third kappa shape index (κ3) is 9.28. The molecule has 1 heteroatoms. The second-order valence-electron chi connectivity index (χ2n) is 2.46. The van der Waals surface area contributed by atoms with Crippen LogP contribution < -0.4 is 0 Å². The van der Waals surface area contributed by atoms with E-state index < -0.39 is 0 Å². The third-order valence-electron chi connectivity index (χ3n) is 1.26. The lowest BCUT2D eigenvalue weighted by atomic mass is 10.3. The van der Waals surface area contributed by atoms with Crippen molar-refractivity contribution in [1.82, 2.24) is 0 Å². The topological polar surface area (TPSA) is 9.23 Å². The highest BCUT2D eigenvalue weighted by molar-refractivity contribution is 4.79. The van der Waals surface area contributed by atoms with Crippen molar-refractivity contribution >= 4 is 0 Å². The summed E-state index contributed by atoms with van der Waals surface area (Å²) in [6.45, 7) is 4.30. The van der Waals surface area contributed by atoms with Gasteiger partial charge < -0.3 is 4.74 Å². The largest absolute Gasteiger partial charge is 0.473 e. The predicted molar refractivity (Wildman–Crippen MR) is 49.2 cm³/mol. The average Bonchev–Trinajstić information content (AvgIpc) is 2.03. The van der Waals surface area contributed by atoms with Crippen molar-refractivity contribution in [2.45, 2.75) is 39.5 Å². The van der Waals surface area contributed by atoms with Crippen molar-refractivity contribution in [2.24, 2.45) is 0 Å². The van der Waals surface area contributed by atoms with Gasteiger partial charge in [-0.05, 0) is 25.0 Å². The number of allylic oxidation sites excluding steroid dienone is 2. The Labute approximate surface area is 69.8 Å². The minimum atomic E-state index is 1.10. The summed E-state index contributed by atoms with van der Waals surface area (Å²) >= 11 is 0. The maximum absolute atomic E-state index is 5.08. The first-order valence-electron chi connectivity index (χ1n) is 4.37. The molecule has 0 amide bonds. The van der Waals surface area contributed by atoms with Gasteiger partial charge >= 0.3 is 0 Å². The first-order chi connectivity index (χ1) is 5.41. The fraction of sp³-hybridized carbons (Fsp3) is 0.600. The minimum Gasteiger partial charge on any atom is -0.473 e. The van der Waals surface area contributed by atoms with Gasteiger partial charge in [-0.25, -0.2) is 0 Å². The van der Waals surface area contributed by atoms with Gasteiger partial charge in [0, 0.05) is 0 Å². The molecular formula is C10H18O. The fourth-order valence-corrected chi connectivity index (χ4v) is 0.626. The van der Waals surface area contributed by atoms with Crippen LogP contribution in [0.15, 0.2) is 24.7 Å². The van der Waals surface area contributed by atoms with Crippen LogP contribution in [0.1, 0.15) is 39.5 Å². The van der Waals surface area contributed by atoms with E-state index in [4.69, 9.17) is 4.74 Å². The van der Waals surface area contributed by atoms with Gasteiger partial charge in [0.05, 0.1) is 12.5 Å². The zero-order valence-corrected chi connectivity index (χ0v) is 7.55. The summed E-state index contributed by atoms with van der Waals surface area (Å²) in [7, 11) is 0. The highest BCUT2D eigenvalue weighted by Crippen LogP contribution is 1.92.